The topological polar surface area (TPSA) is 59.5 Å². The third kappa shape index (κ3) is 5.09. The van der Waals surface area contributed by atoms with Gasteiger partial charge in [0.15, 0.2) is 0 Å². The first-order valence-electron chi connectivity index (χ1n) is 7.60. The number of rotatable bonds is 3. The van der Waals surface area contributed by atoms with Crippen molar-refractivity contribution < 1.29 is 13.7 Å². The zero-order chi connectivity index (χ0) is 16.2. The summed E-state index contributed by atoms with van der Waals surface area (Å²) in [5.41, 5.74) is 0.380. The number of likely N-dealkylation sites (tertiary alicyclic amines) is 1. The molecule has 1 aliphatic rings. The van der Waals surface area contributed by atoms with Gasteiger partial charge >= 0.3 is 6.09 Å². The fourth-order valence-electron chi connectivity index (χ4n) is 2.37. The van der Waals surface area contributed by atoms with Gasteiger partial charge in [0.25, 0.3) is 0 Å². The van der Waals surface area contributed by atoms with E-state index in [4.69, 9.17) is 4.74 Å². The Morgan fingerprint density at radius 2 is 2.05 bits per heavy atom. The molecule has 0 aliphatic carbocycles. The highest BCUT2D eigenvalue weighted by atomic mass is 32.2. The van der Waals surface area contributed by atoms with Crippen LogP contribution in [0.5, 0.6) is 0 Å². The molecule has 2 heterocycles. The fraction of sp³-hybridized carbons (Fsp3) is 0.625. The van der Waals surface area contributed by atoms with Crippen molar-refractivity contribution in [2.24, 2.45) is 0 Å². The van der Waals surface area contributed by atoms with Gasteiger partial charge in [-0.25, -0.2) is 4.79 Å². The highest BCUT2D eigenvalue weighted by molar-refractivity contribution is 7.84. The van der Waals surface area contributed by atoms with E-state index < -0.39 is 16.4 Å². The van der Waals surface area contributed by atoms with Crippen LogP contribution in [-0.2, 0) is 21.3 Å². The van der Waals surface area contributed by atoms with Gasteiger partial charge in [-0.2, -0.15) is 0 Å². The van der Waals surface area contributed by atoms with Crippen LogP contribution >= 0.6 is 0 Å². The van der Waals surface area contributed by atoms with Crippen molar-refractivity contribution in [1.82, 2.24) is 9.88 Å². The number of amides is 1. The molecule has 1 atom stereocenters. The van der Waals surface area contributed by atoms with Crippen molar-refractivity contribution in [3.05, 3.63) is 30.1 Å². The van der Waals surface area contributed by atoms with Crippen LogP contribution < -0.4 is 0 Å². The van der Waals surface area contributed by atoms with Gasteiger partial charge in [-0.1, -0.05) is 6.07 Å². The second-order valence-electron chi connectivity index (χ2n) is 6.51. The van der Waals surface area contributed by atoms with Gasteiger partial charge in [-0.05, 0) is 45.7 Å². The normalized spacial score (nSPS) is 18.0. The van der Waals surface area contributed by atoms with Crippen LogP contribution in [0.3, 0.4) is 0 Å². The lowest BCUT2D eigenvalue weighted by molar-refractivity contribution is 0.0218. The van der Waals surface area contributed by atoms with E-state index in [1.807, 2.05) is 39.0 Å². The molecular weight excluding hydrogens is 300 g/mol. The summed E-state index contributed by atoms with van der Waals surface area (Å²) >= 11 is 0. The van der Waals surface area contributed by atoms with Crippen molar-refractivity contribution in [2.45, 2.75) is 50.2 Å². The summed E-state index contributed by atoms with van der Waals surface area (Å²) in [5, 5.41) is 0.126. The van der Waals surface area contributed by atoms with E-state index in [0.717, 1.165) is 18.5 Å². The second-order valence-corrected chi connectivity index (χ2v) is 8.23. The van der Waals surface area contributed by atoms with E-state index in [2.05, 4.69) is 4.98 Å². The molecule has 5 nitrogen and oxygen atoms in total. The molecule has 1 aromatic rings. The molecule has 0 bridgehead atoms. The zero-order valence-corrected chi connectivity index (χ0v) is 14.3. The largest absolute Gasteiger partial charge is 0.444 e. The first-order valence-corrected chi connectivity index (χ1v) is 8.98. The molecule has 0 spiro atoms. The number of aromatic nitrogens is 1. The molecule has 6 heteroatoms. The molecule has 1 fully saturated rings. The monoisotopic (exact) mass is 324 g/mol. The second kappa shape index (κ2) is 7.22. The molecule has 0 N–H and O–H groups in total. The highest BCUT2D eigenvalue weighted by Gasteiger charge is 2.29. The van der Waals surface area contributed by atoms with Crippen LogP contribution in [0.1, 0.15) is 39.3 Å². The van der Waals surface area contributed by atoms with E-state index in [0.29, 0.717) is 18.8 Å². The number of carbonyl (C=O) groups is 1. The molecule has 0 aromatic carbocycles. The van der Waals surface area contributed by atoms with E-state index >= 15 is 0 Å². The number of piperidine rings is 1. The third-order valence-corrected chi connectivity index (χ3v) is 5.28. The minimum Gasteiger partial charge on any atom is -0.444 e. The Morgan fingerprint density at radius 1 is 1.36 bits per heavy atom. The number of carbonyl (C=O) groups excluding carboxylic acids is 1. The predicted molar refractivity (Wildman–Crippen MR) is 86.9 cm³/mol. The predicted octanol–water partition coefficient (Wildman–Crippen LogP) is 2.73. The number of hydrogen-bond donors (Lipinski definition) is 0. The Morgan fingerprint density at radius 3 is 2.59 bits per heavy atom. The Bertz CT molecular complexity index is 520. The molecule has 2 rings (SSSR count). The van der Waals surface area contributed by atoms with Crippen molar-refractivity contribution in [3.63, 3.8) is 0 Å². The highest BCUT2D eigenvalue weighted by Crippen LogP contribution is 2.20. The lowest BCUT2D eigenvalue weighted by atomic mass is 10.1. The average Bonchev–Trinajstić information content (AvgIpc) is 2.46. The lowest BCUT2D eigenvalue weighted by Gasteiger charge is -2.33. The van der Waals surface area contributed by atoms with Crippen LogP contribution in [0.4, 0.5) is 4.79 Å². The Hall–Kier alpha value is -1.43. The van der Waals surface area contributed by atoms with Gasteiger partial charge < -0.3 is 9.64 Å². The first kappa shape index (κ1) is 16.9. The summed E-state index contributed by atoms with van der Waals surface area (Å²) in [7, 11) is -0.946. The molecule has 1 aliphatic heterocycles. The maximum absolute atomic E-state index is 12.4. The summed E-state index contributed by atoms with van der Waals surface area (Å²) in [4.78, 5) is 17.9. The van der Waals surface area contributed by atoms with E-state index in [1.54, 1.807) is 11.1 Å². The summed E-state index contributed by atoms with van der Waals surface area (Å²) in [6, 6.07) is 5.66. The van der Waals surface area contributed by atoms with Crippen LogP contribution in [0, 0.1) is 0 Å². The SMILES string of the molecule is CC(C)(C)OC(=O)N1CCC(S(=O)Cc2ccccn2)CC1. The number of hydrogen-bond acceptors (Lipinski definition) is 4. The zero-order valence-electron chi connectivity index (χ0n) is 13.4. The van der Waals surface area contributed by atoms with Crippen molar-refractivity contribution in [3.8, 4) is 0 Å². The van der Waals surface area contributed by atoms with Gasteiger partial charge in [0.05, 0.1) is 11.4 Å². The third-order valence-electron chi connectivity index (χ3n) is 3.48. The van der Waals surface area contributed by atoms with Gasteiger partial charge in [-0.15, -0.1) is 0 Å². The summed E-state index contributed by atoms with van der Waals surface area (Å²) in [6.07, 6.45) is 2.94. The van der Waals surface area contributed by atoms with Crippen molar-refractivity contribution in [2.75, 3.05) is 13.1 Å². The van der Waals surface area contributed by atoms with Gasteiger partial charge in [-0.3, -0.25) is 9.19 Å². The van der Waals surface area contributed by atoms with Crippen LogP contribution in [-0.4, -0.2) is 44.1 Å². The maximum atomic E-state index is 12.4. The van der Waals surface area contributed by atoms with Crippen LogP contribution in [0.15, 0.2) is 24.4 Å². The van der Waals surface area contributed by atoms with E-state index in [-0.39, 0.29) is 11.3 Å². The van der Waals surface area contributed by atoms with Gasteiger partial charge in [0.1, 0.15) is 5.60 Å². The maximum Gasteiger partial charge on any atom is 0.410 e. The Labute approximate surface area is 134 Å². The molecule has 1 unspecified atom stereocenters. The molecule has 0 radical (unpaired) electrons. The summed E-state index contributed by atoms with van der Waals surface area (Å²) < 4.78 is 17.8. The molecule has 0 saturated carbocycles. The fourth-order valence-corrected chi connectivity index (χ4v) is 3.81. The number of pyridine rings is 1. The van der Waals surface area contributed by atoms with Crippen LogP contribution in [0.25, 0.3) is 0 Å². The lowest BCUT2D eigenvalue weighted by Crippen LogP contribution is -2.43. The first-order chi connectivity index (χ1) is 10.3. The standard InChI is InChI=1S/C16H24N2O3S/c1-16(2,3)21-15(19)18-10-7-14(8-11-18)22(20)12-13-6-4-5-9-17-13/h4-6,9,14H,7-8,10-12H2,1-3H3. The van der Waals surface area contributed by atoms with Crippen molar-refractivity contribution >= 4 is 16.9 Å². The smallest absolute Gasteiger partial charge is 0.410 e. The summed E-state index contributed by atoms with van der Waals surface area (Å²) in [5.74, 6) is 0.484. The van der Waals surface area contributed by atoms with E-state index in [1.165, 1.54) is 0 Å². The molecule has 1 aromatic heterocycles. The van der Waals surface area contributed by atoms with Gasteiger partial charge in [0, 0.05) is 35.3 Å². The molecule has 1 saturated heterocycles. The quantitative estimate of drug-likeness (QED) is 0.858. The Kier molecular flexibility index (Phi) is 5.56. The van der Waals surface area contributed by atoms with E-state index in [9.17, 15) is 9.00 Å². The number of nitrogens with zero attached hydrogens (tertiary/aromatic N) is 2. The summed E-state index contributed by atoms with van der Waals surface area (Å²) in [6.45, 7) is 6.79. The molecular formula is C16H24N2O3S. The minimum atomic E-state index is -0.946. The average molecular weight is 324 g/mol. The number of ether oxygens (including phenoxy) is 1. The molecule has 1 amide bonds. The Balaban J connectivity index is 1.82. The minimum absolute atomic E-state index is 0.126. The molecule has 122 valence electrons. The van der Waals surface area contributed by atoms with Crippen LogP contribution in [0.2, 0.25) is 0 Å². The van der Waals surface area contributed by atoms with Gasteiger partial charge in [0.2, 0.25) is 0 Å². The van der Waals surface area contributed by atoms with Crippen molar-refractivity contribution in [1.29, 1.82) is 0 Å². The molecule has 22 heavy (non-hydrogen) atoms.